The number of rotatable bonds is 7. The molecular formula is C23H25NO6. The van der Waals surface area contributed by atoms with E-state index in [2.05, 4.69) is 4.90 Å². The molecule has 1 aliphatic heterocycles. The Morgan fingerprint density at radius 2 is 1.57 bits per heavy atom. The molecule has 2 aromatic rings. The average Bonchev–Trinajstić information content (AvgIpc) is 3.45. The highest BCUT2D eigenvalue weighted by Crippen LogP contribution is 2.26. The summed E-state index contributed by atoms with van der Waals surface area (Å²) < 4.78 is 5.53. The van der Waals surface area contributed by atoms with E-state index in [1.807, 2.05) is 49.4 Å². The molecule has 0 radical (unpaired) electrons. The lowest BCUT2D eigenvalue weighted by molar-refractivity contribution is -0.134. The van der Waals surface area contributed by atoms with Crippen LogP contribution in [0.2, 0.25) is 0 Å². The highest BCUT2D eigenvalue weighted by molar-refractivity contribution is 6.00. The van der Waals surface area contributed by atoms with E-state index in [1.54, 1.807) is 12.3 Å². The number of hydrogen-bond donors (Lipinski definition) is 2. The zero-order chi connectivity index (χ0) is 21.9. The van der Waals surface area contributed by atoms with E-state index in [1.165, 1.54) is 12.8 Å². The van der Waals surface area contributed by atoms with Crippen molar-refractivity contribution in [2.45, 2.75) is 25.7 Å². The summed E-state index contributed by atoms with van der Waals surface area (Å²) in [5.74, 6) is -1.77. The summed E-state index contributed by atoms with van der Waals surface area (Å²) in [4.78, 5) is 34.0. The number of nitrogens with zero attached hydrogens (tertiary/aromatic N) is 1. The van der Waals surface area contributed by atoms with Gasteiger partial charge in [0.15, 0.2) is 5.78 Å². The SMILES string of the molecule is CC(C(=O)C=C(c1ccco1)N1CCCC1)c1ccccc1.O=C(O)/C=C\C(=O)O. The van der Waals surface area contributed by atoms with Crippen molar-refractivity contribution in [2.75, 3.05) is 13.1 Å². The molecule has 1 unspecified atom stereocenters. The maximum Gasteiger partial charge on any atom is 0.328 e. The van der Waals surface area contributed by atoms with E-state index < -0.39 is 11.9 Å². The van der Waals surface area contributed by atoms with Crippen molar-refractivity contribution in [1.29, 1.82) is 0 Å². The van der Waals surface area contributed by atoms with Gasteiger partial charge in [-0.1, -0.05) is 37.3 Å². The van der Waals surface area contributed by atoms with Crippen LogP contribution in [0.25, 0.3) is 5.70 Å². The molecule has 1 aromatic carbocycles. The number of carbonyl (C=O) groups excluding carboxylic acids is 1. The number of carboxylic acid groups (broad SMARTS) is 2. The Kier molecular flexibility index (Phi) is 8.62. The molecule has 0 aliphatic carbocycles. The van der Waals surface area contributed by atoms with Crippen LogP contribution >= 0.6 is 0 Å². The Morgan fingerprint density at radius 1 is 0.967 bits per heavy atom. The average molecular weight is 411 g/mol. The third-order valence-electron chi connectivity index (χ3n) is 4.59. The third-order valence-corrected chi connectivity index (χ3v) is 4.59. The van der Waals surface area contributed by atoms with Gasteiger partial charge in [-0.15, -0.1) is 0 Å². The predicted octanol–water partition coefficient (Wildman–Crippen LogP) is 3.80. The van der Waals surface area contributed by atoms with Crippen LogP contribution < -0.4 is 0 Å². The molecule has 2 heterocycles. The van der Waals surface area contributed by atoms with Crippen LogP contribution in [0, 0.1) is 0 Å². The lowest BCUT2D eigenvalue weighted by Gasteiger charge is -2.20. The van der Waals surface area contributed by atoms with Gasteiger partial charge in [0.05, 0.1) is 12.0 Å². The van der Waals surface area contributed by atoms with Crippen molar-refractivity contribution in [2.24, 2.45) is 0 Å². The fourth-order valence-electron chi connectivity index (χ4n) is 3.01. The predicted molar refractivity (Wildman–Crippen MR) is 112 cm³/mol. The summed E-state index contributed by atoms with van der Waals surface area (Å²) in [6, 6.07) is 13.7. The van der Waals surface area contributed by atoms with Crippen LogP contribution in [0.1, 0.15) is 37.0 Å². The molecular weight excluding hydrogens is 386 g/mol. The monoisotopic (exact) mass is 411 g/mol. The van der Waals surface area contributed by atoms with E-state index in [4.69, 9.17) is 14.6 Å². The van der Waals surface area contributed by atoms with Crippen molar-refractivity contribution in [3.8, 4) is 0 Å². The summed E-state index contributed by atoms with van der Waals surface area (Å²) >= 11 is 0. The van der Waals surface area contributed by atoms with Gasteiger partial charge < -0.3 is 19.5 Å². The Labute approximate surface area is 174 Å². The van der Waals surface area contributed by atoms with Crippen molar-refractivity contribution in [3.63, 3.8) is 0 Å². The number of benzene rings is 1. The van der Waals surface area contributed by atoms with Gasteiger partial charge >= 0.3 is 11.9 Å². The zero-order valence-corrected chi connectivity index (χ0v) is 16.7. The number of carbonyl (C=O) groups is 3. The van der Waals surface area contributed by atoms with Crippen molar-refractivity contribution < 1.29 is 29.0 Å². The number of furan rings is 1. The Balaban J connectivity index is 0.000000343. The highest BCUT2D eigenvalue weighted by atomic mass is 16.4. The van der Waals surface area contributed by atoms with E-state index in [0.29, 0.717) is 12.2 Å². The van der Waals surface area contributed by atoms with E-state index >= 15 is 0 Å². The van der Waals surface area contributed by atoms with Crippen LogP contribution in [-0.2, 0) is 14.4 Å². The molecule has 0 saturated carbocycles. The van der Waals surface area contributed by atoms with Gasteiger partial charge in [0.25, 0.3) is 0 Å². The summed E-state index contributed by atoms with van der Waals surface area (Å²) in [5.41, 5.74) is 1.96. The minimum Gasteiger partial charge on any atom is -0.478 e. The smallest absolute Gasteiger partial charge is 0.328 e. The molecule has 0 bridgehead atoms. The van der Waals surface area contributed by atoms with Crippen LogP contribution in [-0.4, -0.2) is 45.9 Å². The fraction of sp³-hybridized carbons (Fsp3) is 0.261. The number of allylic oxidation sites excluding steroid dienone is 1. The highest BCUT2D eigenvalue weighted by Gasteiger charge is 2.21. The molecule has 2 N–H and O–H groups in total. The third kappa shape index (κ3) is 7.09. The number of ketones is 1. The summed E-state index contributed by atoms with van der Waals surface area (Å²) in [7, 11) is 0. The first kappa shape index (κ1) is 22.7. The summed E-state index contributed by atoms with van der Waals surface area (Å²) in [5, 5.41) is 15.6. The molecule has 1 saturated heterocycles. The van der Waals surface area contributed by atoms with E-state index in [9.17, 15) is 14.4 Å². The van der Waals surface area contributed by atoms with Crippen LogP contribution in [0.4, 0.5) is 0 Å². The van der Waals surface area contributed by atoms with Crippen LogP contribution in [0.5, 0.6) is 0 Å². The maximum absolute atomic E-state index is 12.7. The van der Waals surface area contributed by atoms with Gasteiger partial charge in [-0.2, -0.15) is 0 Å². The van der Waals surface area contributed by atoms with Gasteiger partial charge in [0, 0.05) is 37.2 Å². The molecule has 0 amide bonds. The molecule has 1 fully saturated rings. The summed E-state index contributed by atoms with van der Waals surface area (Å²) in [6.07, 6.45) is 6.86. The Morgan fingerprint density at radius 3 is 2.07 bits per heavy atom. The standard InChI is InChI=1S/C19H21NO2.C4H4O4/c1-15(16-8-3-2-4-9-16)18(21)14-17(19-10-7-13-22-19)20-11-5-6-12-20;5-3(6)1-2-4(7)8/h2-4,7-10,13-15H,5-6,11-12H2,1H3;1-2H,(H,5,6)(H,7,8)/b;2-1-. The Bertz CT molecular complexity index is 877. The van der Waals surface area contributed by atoms with Crippen LogP contribution in [0.3, 0.4) is 0 Å². The number of aliphatic carboxylic acids is 2. The lowest BCUT2D eigenvalue weighted by Crippen LogP contribution is -2.19. The van der Waals surface area contributed by atoms with Crippen molar-refractivity contribution in [1.82, 2.24) is 4.90 Å². The molecule has 1 aliphatic rings. The molecule has 158 valence electrons. The largest absolute Gasteiger partial charge is 0.478 e. The molecule has 7 nitrogen and oxygen atoms in total. The van der Waals surface area contributed by atoms with Gasteiger partial charge in [-0.3, -0.25) is 4.79 Å². The van der Waals surface area contributed by atoms with Gasteiger partial charge in [-0.25, -0.2) is 9.59 Å². The first-order valence-corrected chi connectivity index (χ1v) is 9.61. The van der Waals surface area contributed by atoms with Gasteiger partial charge in [-0.05, 0) is 30.5 Å². The summed E-state index contributed by atoms with van der Waals surface area (Å²) in [6.45, 7) is 3.93. The number of carboxylic acids is 2. The molecule has 1 aromatic heterocycles. The first-order chi connectivity index (χ1) is 14.4. The number of hydrogen-bond acceptors (Lipinski definition) is 5. The van der Waals surface area contributed by atoms with Gasteiger partial charge in [0.1, 0.15) is 5.76 Å². The van der Waals surface area contributed by atoms with Crippen molar-refractivity contribution in [3.05, 3.63) is 78.3 Å². The molecule has 1 atom stereocenters. The van der Waals surface area contributed by atoms with E-state index in [0.717, 1.165) is 30.1 Å². The Hall–Kier alpha value is -3.61. The normalized spacial score (nSPS) is 14.8. The molecule has 30 heavy (non-hydrogen) atoms. The van der Waals surface area contributed by atoms with E-state index in [-0.39, 0.29) is 11.7 Å². The first-order valence-electron chi connectivity index (χ1n) is 9.61. The molecule has 3 rings (SSSR count). The number of likely N-dealkylation sites (tertiary alicyclic amines) is 1. The van der Waals surface area contributed by atoms with Crippen molar-refractivity contribution >= 4 is 23.4 Å². The lowest BCUT2D eigenvalue weighted by atomic mass is 9.96. The zero-order valence-electron chi connectivity index (χ0n) is 16.7. The minimum atomic E-state index is -1.26. The quantitative estimate of drug-likeness (QED) is 0.667. The maximum atomic E-state index is 12.7. The van der Waals surface area contributed by atoms with Gasteiger partial charge in [0.2, 0.25) is 0 Å². The second-order valence-electron chi connectivity index (χ2n) is 6.75. The topological polar surface area (TPSA) is 108 Å². The van der Waals surface area contributed by atoms with Crippen LogP contribution in [0.15, 0.2) is 71.4 Å². The fourth-order valence-corrected chi connectivity index (χ4v) is 3.01. The molecule has 0 spiro atoms. The second-order valence-corrected chi connectivity index (χ2v) is 6.75. The second kappa shape index (κ2) is 11.4. The molecule has 7 heteroatoms. The minimum absolute atomic E-state index is 0.115.